The summed E-state index contributed by atoms with van der Waals surface area (Å²) in [5.41, 5.74) is -1.62. The molecule has 0 radical (unpaired) electrons. The third-order valence-electron chi connectivity index (χ3n) is 2.31. The van der Waals surface area contributed by atoms with Crippen LogP contribution in [0.5, 0.6) is 0 Å². The highest BCUT2D eigenvalue weighted by Crippen LogP contribution is 2.06. The Morgan fingerprint density at radius 1 is 1.29 bits per heavy atom. The topological polar surface area (TPSA) is 112 Å². The Balaban J connectivity index is 3.35. The summed E-state index contributed by atoms with van der Waals surface area (Å²) in [6, 6.07) is -0.286. The van der Waals surface area contributed by atoms with E-state index >= 15 is 0 Å². The molecule has 0 spiro atoms. The SMILES string of the molecule is CCC(C)NS(=O)(=O)c1c(C)[nH]c(=O)[nH]c1=O. The summed E-state index contributed by atoms with van der Waals surface area (Å²) in [5.74, 6) is 0. The molecule has 1 unspecified atom stereocenters. The Morgan fingerprint density at radius 3 is 2.35 bits per heavy atom. The van der Waals surface area contributed by atoms with Crippen LogP contribution in [0.25, 0.3) is 0 Å². The van der Waals surface area contributed by atoms with Crippen molar-refractivity contribution in [1.29, 1.82) is 0 Å². The molecule has 1 aromatic heterocycles. The Labute approximate surface area is 98.3 Å². The third kappa shape index (κ3) is 3.04. The zero-order valence-corrected chi connectivity index (χ0v) is 10.6. The lowest BCUT2D eigenvalue weighted by atomic mass is 10.3. The van der Waals surface area contributed by atoms with Crippen LogP contribution in [0.15, 0.2) is 14.5 Å². The van der Waals surface area contributed by atoms with Gasteiger partial charge in [-0.3, -0.25) is 9.78 Å². The molecular formula is C9H15N3O4S. The number of aromatic nitrogens is 2. The van der Waals surface area contributed by atoms with Gasteiger partial charge in [-0.05, 0) is 20.3 Å². The first-order valence-electron chi connectivity index (χ1n) is 5.13. The minimum atomic E-state index is -3.91. The van der Waals surface area contributed by atoms with Crippen LogP contribution in [0.3, 0.4) is 0 Å². The van der Waals surface area contributed by atoms with Gasteiger partial charge in [0.15, 0.2) is 4.90 Å². The molecule has 0 aliphatic heterocycles. The van der Waals surface area contributed by atoms with E-state index in [1.807, 2.05) is 11.9 Å². The maximum Gasteiger partial charge on any atom is 0.325 e. The van der Waals surface area contributed by atoms with Crippen molar-refractivity contribution in [3.05, 3.63) is 26.5 Å². The first kappa shape index (κ1) is 13.7. The largest absolute Gasteiger partial charge is 0.325 e. The van der Waals surface area contributed by atoms with Gasteiger partial charge in [-0.15, -0.1) is 0 Å². The first-order valence-corrected chi connectivity index (χ1v) is 6.61. The maximum atomic E-state index is 11.9. The van der Waals surface area contributed by atoms with Gasteiger partial charge in [0.05, 0.1) is 0 Å². The molecule has 0 aliphatic carbocycles. The van der Waals surface area contributed by atoms with E-state index in [-0.39, 0.29) is 11.7 Å². The second-order valence-electron chi connectivity index (χ2n) is 3.79. The maximum absolute atomic E-state index is 11.9. The second-order valence-corrected chi connectivity index (χ2v) is 5.44. The fourth-order valence-corrected chi connectivity index (χ4v) is 2.88. The van der Waals surface area contributed by atoms with E-state index < -0.39 is 26.2 Å². The van der Waals surface area contributed by atoms with Gasteiger partial charge < -0.3 is 4.98 Å². The summed E-state index contributed by atoms with van der Waals surface area (Å²) in [6.45, 7) is 4.87. The van der Waals surface area contributed by atoms with Crippen molar-refractivity contribution in [1.82, 2.24) is 14.7 Å². The number of sulfonamides is 1. The quantitative estimate of drug-likeness (QED) is 0.675. The van der Waals surface area contributed by atoms with Gasteiger partial charge in [0, 0.05) is 11.7 Å². The van der Waals surface area contributed by atoms with Crippen LogP contribution in [-0.4, -0.2) is 24.4 Å². The minimum absolute atomic E-state index is 0.0227. The van der Waals surface area contributed by atoms with Crippen molar-refractivity contribution in [2.24, 2.45) is 0 Å². The summed E-state index contributed by atoms with van der Waals surface area (Å²) in [7, 11) is -3.91. The van der Waals surface area contributed by atoms with E-state index in [0.717, 1.165) is 0 Å². The Kier molecular flexibility index (Phi) is 3.89. The molecule has 1 atom stereocenters. The van der Waals surface area contributed by atoms with Gasteiger partial charge >= 0.3 is 5.69 Å². The summed E-state index contributed by atoms with van der Waals surface area (Å²) in [5, 5.41) is 0. The molecule has 0 aromatic carbocycles. The Hall–Kier alpha value is -1.41. The zero-order valence-electron chi connectivity index (χ0n) is 9.83. The number of H-pyrrole nitrogens is 2. The number of nitrogens with one attached hydrogen (secondary N) is 3. The standard InChI is InChI=1S/C9H15N3O4S/c1-4-5(2)12-17(15,16)7-6(3)10-9(14)11-8(7)13/h5,12H,4H2,1-3H3,(H2,10,11,13,14). The van der Waals surface area contributed by atoms with Crippen LogP contribution in [0.2, 0.25) is 0 Å². The number of rotatable bonds is 4. The number of hydrogen-bond acceptors (Lipinski definition) is 4. The van der Waals surface area contributed by atoms with E-state index in [9.17, 15) is 18.0 Å². The molecule has 1 aromatic rings. The molecule has 0 saturated carbocycles. The van der Waals surface area contributed by atoms with Crippen molar-refractivity contribution < 1.29 is 8.42 Å². The average Bonchev–Trinajstić information content (AvgIpc) is 2.14. The molecule has 1 rings (SSSR count). The van der Waals surface area contributed by atoms with Gasteiger partial charge in [0.25, 0.3) is 5.56 Å². The second kappa shape index (κ2) is 4.84. The molecule has 0 amide bonds. The highest BCUT2D eigenvalue weighted by atomic mass is 32.2. The van der Waals surface area contributed by atoms with Gasteiger partial charge in [-0.25, -0.2) is 17.9 Å². The van der Waals surface area contributed by atoms with E-state index in [0.29, 0.717) is 6.42 Å². The minimum Gasteiger partial charge on any atom is -0.310 e. The first-order chi connectivity index (χ1) is 7.77. The molecule has 96 valence electrons. The molecule has 0 fully saturated rings. The summed E-state index contributed by atoms with van der Waals surface area (Å²) in [6.07, 6.45) is 0.597. The molecule has 7 nitrogen and oxygen atoms in total. The van der Waals surface area contributed by atoms with Crippen molar-refractivity contribution in [2.45, 2.75) is 38.1 Å². The number of aryl methyl sites for hydroxylation is 1. The summed E-state index contributed by atoms with van der Waals surface area (Å²) < 4.78 is 26.2. The predicted octanol–water partition coefficient (Wildman–Crippen LogP) is -0.552. The lowest BCUT2D eigenvalue weighted by Gasteiger charge is -2.12. The van der Waals surface area contributed by atoms with Crippen LogP contribution in [0, 0.1) is 6.92 Å². The molecule has 1 heterocycles. The van der Waals surface area contributed by atoms with E-state index in [1.165, 1.54) is 6.92 Å². The fraction of sp³-hybridized carbons (Fsp3) is 0.556. The molecule has 8 heteroatoms. The van der Waals surface area contributed by atoms with Gasteiger partial charge in [0.2, 0.25) is 10.0 Å². The van der Waals surface area contributed by atoms with Crippen LogP contribution < -0.4 is 16.0 Å². The van der Waals surface area contributed by atoms with Gasteiger partial charge in [-0.2, -0.15) is 0 Å². The lowest BCUT2D eigenvalue weighted by Crippen LogP contribution is -2.38. The van der Waals surface area contributed by atoms with Crippen molar-refractivity contribution in [3.63, 3.8) is 0 Å². The number of aromatic amines is 2. The van der Waals surface area contributed by atoms with E-state index in [2.05, 4.69) is 9.71 Å². The smallest absolute Gasteiger partial charge is 0.310 e. The molecule has 0 saturated heterocycles. The van der Waals surface area contributed by atoms with Crippen molar-refractivity contribution in [2.75, 3.05) is 0 Å². The molecule has 3 N–H and O–H groups in total. The highest BCUT2D eigenvalue weighted by molar-refractivity contribution is 7.89. The summed E-state index contributed by atoms with van der Waals surface area (Å²) >= 11 is 0. The van der Waals surface area contributed by atoms with Crippen molar-refractivity contribution >= 4 is 10.0 Å². The van der Waals surface area contributed by atoms with Gasteiger partial charge in [-0.1, -0.05) is 6.92 Å². The van der Waals surface area contributed by atoms with Crippen LogP contribution >= 0.6 is 0 Å². The fourth-order valence-electron chi connectivity index (χ4n) is 1.32. The third-order valence-corrected chi connectivity index (χ3v) is 4.05. The Morgan fingerprint density at radius 2 is 1.88 bits per heavy atom. The zero-order chi connectivity index (χ0) is 13.2. The van der Waals surface area contributed by atoms with Gasteiger partial charge in [0.1, 0.15) is 0 Å². The molecule has 0 aliphatic rings. The molecular weight excluding hydrogens is 246 g/mol. The van der Waals surface area contributed by atoms with Crippen LogP contribution in [-0.2, 0) is 10.0 Å². The molecule has 17 heavy (non-hydrogen) atoms. The number of hydrogen-bond donors (Lipinski definition) is 3. The average molecular weight is 261 g/mol. The van der Waals surface area contributed by atoms with Crippen molar-refractivity contribution in [3.8, 4) is 0 Å². The predicted molar refractivity (Wildman–Crippen MR) is 62.5 cm³/mol. The lowest BCUT2D eigenvalue weighted by molar-refractivity contribution is 0.553. The van der Waals surface area contributed by atoms with Crippen LogP contribution in [0.4, 0.5) is 0 Å². The highest BCUT2D eigenvalue weighted by Gasteiger charge is 2.23. The van der Waals surface area contributed by atoms with E-state index in [4.69, 9.17) is 0 Å². The molecule has 0 bridgehead atoms. The summed E-state index contributed by atoms with van der Waals surface area (Å²) in [4.78, 5) is 26.1. The monoisotopic (exact) mass is 261 g/mol. The van der Waals surface area contributed by atoms with E-state index in [1.54, 1.807) is 6.92 Å². The van der Waals surface area contributed by atoms with Crippen LogP contribution in [0.1, 0.15) is 26.0 Å². The normalized spacial score (nSPS) is 13.6. The Bertz CT molecular complexity index is 614.